The smallest absolute Gasteiger partial charge is 0.0118 e. The van der Waals surface area contributed by atoms with Gasteiger partial charge in [0.1, 0.15) is 0 Å². The molecule has 0 aliphatic heterocycles. The quantitative estimate of drug-likeness (QED) is 0.475. The van der Waals surface area contributed by atoms with Crippen LogP contribution in [0.2, 0.25) is 0 Å². The number of hydrogen-bond donors (Lipinski definition) is 0. The second kappa shape index (κ2) is 7.50. The van der Waals surface area contributed by atoms with Gasteiger partial charge in [-0.05, 0) is 77.1 Å². The molecule has 4 rings (SSSR count). The van der Waals surface area contributed by atoms with Crippen molar-refractivity contribution in [3.63, 3.8) is 0 Å². The molecule has 3 aromatic rings. The normalized spacial score (nSPS) is 16.9. The molecule has 0 nitrogen and oxygen atoms in total. The number of hydrogen-bond acceptors (Lipinski definition) is 0. The van der Waals surface area contributed by atoms with E-state index >= 15 is 0 Å². The van der Waals surface area contributed by atoms with Crippen LogP contribution in [0.3, 0.4) is 0 Å². The van der Waals surface area contributed by atoms with Crippen LogP contribution in [-0.2, 0) is 19.3 Å². The van der Waals surface area contributed by atoms with Gasteiger partial charge < -0.3 is 0 Å². The molecule has 0 saturated heterocycles. The molecule has 26 heavy (non-hydrogen) atoms. The summed E-state index contributed by atoms with van der Waals surface area (Å²) in [5.74, 6) is 0.648. The third-order valence-corrected chi connectivity index (χ3v) is 5.76. The van der Waals surface area contributed by atoms with Crippen LogP contribution in [0.5, 0.6) is 0 Å². The zero-order chi connectivity index (χ0) is 17.9. The third-order valence-electron chi connectivity index (χ3n) is 5.76. The fourth-order valence-corrected chi connectivity index (χ4v) is 4.37. The van der Waals surface area contributed by atoms with Crippen LogP contribution in [0.4, 0.5) is 0 Å². The topological polar surface area (TPSA) is 0 Å². The van der Waals surface area contributed by atoms with Crippen LogP contribution in [0, 0.1) is 0 Å². The molecule has 0 bridgehead atoms. The first-order valence-corrected chi connectivity index (χ1v) is 10.0. The van der Waals surface area contributed by atoms with Crippen LogP contribution >= 0.6 is 0 Å². The molecule has 0 radical (unpaired) electrons. The molecular weight excluding hydrogens is 312 g/mol. The average Bonchev–Trinajstić information content (AvgIpc) is 2.68. The van der Waals surface area contributed by atoms with Gasteiger partial charge in [-0.25, -0.2) is 0 Å². The summed E-state index contributed by atoms with van der Waals surface area (Å²) in [4.78, 5) is 0. The molecule has 0 heteroatoms. The maximum atomic E-state index is 2.43. The molecule has 0 amide bonds. The Morgan fingerprint density at radius 1 is 0.923 bits per heavy atom. The first-order chi connectivity index (χ1) is 12.8. The molecule has 0 fully saturated rings. The molecule has 132 valence electrons. The van der Waals surface area contributed by atoms with Crippen molar-refractivity contribution in [2.45, 2.75) is 51.9 Å². The molecule has 1 aliphatic rings. The van der Waals surface area contributed by atoms with Gasteiger partial charge in [-0.3, -0.25) is 0 Å². The average molecular weight is 341 g/mol. The summed E-state index contributed by atoms with van der Waals surface area (Å²) in [6.07, 6.45) is 10.3. The van der Waals surface area contributed by atoms with Crippen LogP contribution < -0.4 is 0 Å². The van der Waals surface area contributed by atoms with Crippen molar-refractivity contribution >= 4 is 16.8 Å². The summed E-state index contributed by atoms with van der Waals surface area (Å²) in [6, 6.07) is 21.1. The molecule has 1 aliphatic carbocycles. The third kappa shape index (κ3) is 3.46. The van der Waals surface area contributed by atoms with E-state index in [0.29, 0.717) is 5.92 Å². The van der Waals surface area contributed by atoms with Gasteiger partial charge in [0, 0.05) is 0 Å². The van der Waals surface area contributed by atoms with Crippen molar-refractivity contribution < 1.29 is 0 Å². The largest absolute Gasteiger partial charge is 0.0871 e. The zero-order valence-corrected chi connectivity index (χ0v) is 16.0. The highest BCUT2D eigenvalue weighted by Gasteiger charge is 2.20. The van der Waals surface area contributed by atoms with E-state index in [4.69, 9.17) is 0 Å². The van der Waals surface area contributed by atoms with Crippen molar-refractivity contribution in [2.24, 2.45) is 0 Å². The summed E-state index contributed by atoms with van der Waals surface area (Å²) in [5, 5.41) is 2.77. The van der Waals surface area contributed by atoms with E-state index in [9.17, 15) is 0 Å². The highest BCUT2D eigenvalue weighted by Crippen LogP contribution is 2.34. The Labute approximate surface area is 157 Å². The number of allylic oxidation sites excluding steroid dienone is 1. The molecular formula is C26H28. The van der Waals surface area contributed by atoms with Crippen molar-refractivity contribution in [3.05, 3.63) is 88.5 Å². The first-order valence-electron chi connectivity index (χ1n) is 10.0. The molecule has 1 unspecified atom stereocenters. The fraction of sp³-hybridized carbons (Fsp3) is 0.308. The van der Waals surface area contributed by atoms with Crippen LogP contribution in [-0.4, -0.2) is 0 Å². The molecule has 0 N–H and O–H groups in total. The first kappa shape index (κ1) is 17.1. The standard InChI is InChI=1S/C26H28/c1-3-5-19-7-9-23-17-25(13-11-21(23)15-19)26-14-12-22-16-20(6-4-2)8-10-24(22)18-26/h3,5,7-10,12,14-16,18,25H,4,6,11,13,17H2,1-2H3/b5-3+. The molecule has 0 spiro atoms. The minimum absolute atomic E-state index is 0.648. The van der Waals surface area contributed by atoms with Crippen molar-refractivity contribution in [1.82, 2.24) is 0 Å². The highest BCUT2D eigenvalue weighted by molar-refractivity contribution is 5.84. The van der Waals surface area contributed by atoms with Gasteiger partial charge in [0.25, 0.3) is 0 Å². The van der Waals surface area contributed by atoms with Gasteiger partial charge in [-0.2, -0.15) is 0 Å². The zero-order valence-electron chi connectivity index (χ0n) is 16.0. The summed E-state index contributed by atoms with van der Waals surface area (Å²) in [7, 11) is 0. The lowest BCUT2D eigenvalue weighted by molar-refractivity contribution is 0.585. The minimum Gasteiger partial charge on any atom is -0.0871 e. The Morgan fingerprint density at radius 3 is 2.62 bits per heavy atom. The Morgan fingerprint density at radius 2 is 1.77 bits per heavy atom. The number of fused-ring (bicyclic) bond motifs is 2. The second-order valence-corrected chi connectivity index (χ2v) is 7.66. The maximum absolute atomic E-state index is 2.43. The van der Waals surface area contributed by atoms with E-state index in [2.05, 4.69) is 80.6 Å². The molecule has 1 atom stereocenters. The monoisotopic (exact) mass is 340 g/mol. The van der Waals surface area contributed by atoms with Gasteiger partial charge in [0.15, 0.2) is 0 Å². The van der Waals surface area contributed by atoms with Crippen molar-refractivity contribution in [1.29, 1.82) is 0 Å². The lowest BCUT2D eigenvalue weighted by Crippen LogP contribution is -2.12. The predicted molar refractivity (Wildman–Crippen MR) is 114 cm³/mol. The number of aryl methyl sites for hydroxylation is 2. The van der Waals surface area contributed by atoms with Crippen LogP contribution in [0.15, 0.2) is 60.7 Å². The number of rotatable bonds is 4. The van der Waals surface area contributed by atoms with E-state index in [1.165, 1.54) is 65.1 Å². The van der Waals surface area contributed by atoms with Gasteiger partial charge in [0.2, 0.25) is 0 Å². The lowest BCUT2D eigenvalue weighted by atomic mass is 9.79. The van der Waals surface area contributed by atoms with Gasteiger partial charge >= 0.3 is 0 Å². The van der Waals surface area contributed by atoms with E-state index in [1.807, 2.05) is 0 Å². The Hall–Kier alpha value is -2.34. The Balaban J connectivity index is 1.59. The van der Waals surface area contributed by atoms with Crippen LogP contribution in [0.1, 0.15) is 60.4 Å². The summed E-state index contributed by atoms with van der Waals surface area (Å²) < 4.78 is 0. The molecule has 0 aromatic heterocycles. The lowest BCUT2D eigenvalue weighted by Gasteiger charge is -2.25. The van der Waals surface area contributed by atoms with Crippen LogP contribution in [0.25, 0.3) is 16.8 Å². The van der Waals surface area contributed by atoms with Gasteiger partial charge in [-0.15, -0.1) is 0 Å². The number of benzene rings is 3. The Kier molecular flexibility index (Phi) is 4.93. The van der Waals surface area contributed by atoms with E-state index in [0.717, 1.165) is 0 Å². The molecule has 0 heterocycles. The molecule has 0 saturated carbocycles. The summed E-state index contributed by atoms with van der Waals surface area (Å²) in [5.41, 5.74) is 7.37. The van der Waals surface area contributed by atoms with Gasteiger partial charge in [-0.1, -0.05) is 80.1 Å². The summed E-state index contributed by atoms with van der Waals surface area (Å²) in [6.45, 7) is 4.33. The van der Waals surface area contributed by atoms with Gasteiger partial charge in [0.05, 0.1) is 0 Å². The van der Waals surface area contributed by atoms with Crippen molar-refractivity contribution in [3.8, 4) is 0 Å². The van der Waals surface area contributed by atoms with E-state index < -0.39 is 0 Å². The molecule has 3 aromatic carbocycles. The fourth-order valence-electron chi connectivity index (χ4n) is 4.37. The van der Waals surface area contributed by atoms with E-state index in [1.54, 1.807) is 5.56 Å². The predicted octanol–water partition coefficient (Wildman–Crippen LogP) is 7.10. The Bertz CT molecular complexity index is 945. The maximum Gasteiger partial charge on any atom is -0.0118 e. The SMILES string of the molecule is C/C=C/c1ccc2c(c1)CCC(c1ccc3cc(CCC)ccc3c1)C2. The highest BCUT2D eigenvalue weighted by atomic mass is 14.2. The summed E-state index contributed by atoms with van der Waals surface area (Å²) >= 11 is 0. The minimum atomic E-state index is 0.648. The second-order valence-electron chi connectivity index (χ2n) is 7.66. The van der Waals surface area contributed by atoms with E-state index in [-0.39, 0.29) is 0 Å². The van der Waals surface area contributed by atoms with Crippen molar-refractivity contribution in [2.75, 3.05) is 0 Å².